The van der Waals surface area contributed by atoms with E-state index in [9.17, 15) is 4.79 Å². The fourth-order valence-electron chi connectivity index (χ4n) is 1.78. The molecule has 5 heteroatoms. The highest BCUT2D eigenvalue weighted by Crippen LogP contribution is 2.16. The van der Waals surface area contributed by atoms with Crippen molar-refractivity contribution in [2.24, 2.45) is 0 Å². The standard InChI is InChI=1S/C16H19N3O2/c1-3-11-17-15-6-4-5-14(19-15)16(20)18-12-7-9-13(21-2)10-8-12/h4-10H,3,11H2,1-2H3,(H,17,19)(H,18,20). The van der Waals surface area contributed by atoms with Crippen LogP contribution < -0.4 is 15.4 Å². The van der Waals surface area contributed by atoms with Crippen LogP contribution in [0, 0.1) is 0 Å². The van der Waals surface area contributed by atoms with Gasteiger partial charge in [0.1, 0.15) is 17.3 Å². The lowest BCUT2D eigenvalue weighted by Crippen LogP contribution is -2.14. The number of nitrogens with zero attached hydrogens (tertiary/aromatic N) is 1. The maximum atomic E-state index is 12.2. The van der Waals surface area contributed by atoms with Crippen molar-refractivity contribution >= 4 is 17.4 Å². The van der Waals surface area contributed by atoms with Gasteiger partial charge in [-0.05, 0) is 42.8 Å². The second kappa shape index (κ2) is 7.28. The van der Waals surface area contributed by atoms with Crippen molar-refractivity contribution in [1.82, 2.24) is 4.98 Å². The number of rotatable bonds is 6. The van der Waals surface area contributed by atoms with E-state index >= 15 is 0 Å². The Hall–Kier alpha value is -2.56. The highest BCUT2D eigenvalue weighted by atomic mass is 16.5. The number of hydrogen-bond donors (Lipinski definition) is 2. The average molecular weight is 285 g/mol. The summed E-state index contributed by atoms with van der Waals surface area (Å²) < 4.78 is 5.08. The fraction of sp³-hybridized carbons (Fsp3) is 0.250. The molecule has 0 atom stereocenters. The first-order valence-corrected chi connectivity index (χ1v) is 6.89. The molecule has 2 aromatic rings. The summed E-state index contributed by atoms with van der Waals surface area (Å²) in [6.45, 7) is 2.91. The highest BCUT2D eigenvalue weighted by Gasteiger charge is 2.08. The zero-order valence-electron chi connectivity index (χ0n) is 12.2. The lowest BCUT2D eigenvalue weighted by molar-refractivity contribution is 0.102. The van der Waals surface area contributed by atoms with Crippen LogP contribution in [0.3, 0.4) is 0 Å². The lowest BCUT2D eigenvalue weighted by Gasteiger charge is -2.08. The Kier molecular flexibility index (Phi) is 5.15. The number of amides is 1. The van der Waals surface area contributed by atoms with Crippen molar-refractivity contribution in [3.63, 3.8) is 0 Å². The zero-order valence-corrected chi connectivity index (χ0v) is 12.2. The molecule has 1 amide bonds. The Morgan fingerprint density at radius 1 is 1.19 bits per heavy atom. The minimum Gasteiger partial charge on any atom is -0.497 e. The van der Waals surface area contributed by atoms with Crippen LogP contribution in [0.4, 0.5) is 11.5 Å². The first-order chi connectivity index (χ1) is 10.2. The van der Waals surface area contributed by atoms with E-state index in [0.717, 1.165) is 18.7 Å². The second-order valence-corrected chi connectivity index (χ2v) is 4.52. The minimum atomic E-state index is -0.236. The number of ether oxygens (including phenoxy) is 1. The van der Waals surface area contributed by atoms with Crippen LogP contribution >= 0.6 is 0 Å². The van der Waals surface area contributed by atoms with Crippen LogP contribution in [0.15, 0.2) is 42.5 Å². The molecule has 1 heterocycles. The number of hydrogen-bond acceptors (Lipinski definition) is 4. The SMILES string of the molecule is CCCNc1cccc(C(=O)Nc2ccc(OC)cc2)n1. The number of nitrogens with one attached hydrogen (secondary N) is 2. The predicted molar refractivity (Wildman–Crippen MR) is 84.0 cm³/mol. The van der Waals surface area contributed by atoms with Crippen LogP contribution in [0.25, 0.3) is 0 Å². The van der Waals surface area contributed by atoms with Crippen LogP contribution in [0.1, 0.15) is 23.8 Å². The molecule has 1 aromatic carbocycles. The number of pyridine rings is 1. The summed E-state index contributed by atoms with van der Waals surface area (Å²) in [5.41, 5.74) is 1.08. The van der Waals surface area contributed by atoms with Crippen LogP contribution in [0.2, 0.25) is 0 Å². The molecule has 0 radical (unpaired) electrons. The first kappa shape index (κ1) is 14.8. The fourth-order valence-corrected chi connectivity index (χ4v) is 1.78. The van der Waals surface area contributed by atoms with Gasteiger partial charge in [0, 0.05) is 12.2 Å². The number of carbonyl (C=O) groups excluding carboxylic acids is 1. The van der Waals surface area contributed by atoms with Crippen molar-refractivity contribution in [1.29, 1.82) is 0 Å². The molecule has 21 heavy (non-hydrogen) atoms. The molecule has 110 valence electrons. The molecular formula is C16H19N3O2. The molecule has 1 aromatic heterocycles. The Bertz CT molecular complexity index is 597. The smallest absolute Gasteiger partial charge is 0.274 e. The quantitative estimate of drug-likeness (QED) is 0.855. The highest BCUT2D eigenvalue weighted by molar-refractivity contribution is 6.03. The van der Waals surface area contributed by atoms with E-state index in [-0.39, 0.29) is 5.91 Å². The monoisotopic (exact) mass is 285 g/mol. The van der Waals surface area contributed by atoms with Crippen molar-refractivity contribution in [2.45, 2.75) is 13.3 Å². The summed E-state index contributed by atoms with van der Waals surface area (Å²) in [5.74, 6) is 1.22. The summed E-state index contributed by atoms with van der Waals surface area (Å²) in [7, 11) is 1.60. The van der Waals surface area contributed by atoms with E-state index in [1.807, 2.05) is 12.1 Å². The summed E-state index contributed by atoms with van der Waals surface area (Å²) in [5, 5.41) is 5.97. The summed E-state index contributed by atoms with van der Waals surface area (Å²) in [6, 6.07) is 12.5. The number of anilines is 2. The van der Waals surface area contributed by atoms with Crippen LogP contribution in [0.5, 0.6) is 5.75 Å². The first-order valence-electron chi connectivity index (χ1n) is 6.89. The van der Waals surface area contributed by atoms with E-state index in [1.165, 1.54) is 0 Å². The zero-order chi connectivity index (χ0) is 15.1. The maximum Gasteiger partial charge on any atom is 0.274 e. The lowest BCUT2D eigenvalue weighted by atomic mass is 10.2. The van der Waals surface area contributed by atoms with Gasteiger partial charge in [-0.15, -0.1) is 0 Å². The second-order valence-electron chi connectivity index (χ2n) is 4.52. The number of methoxy groups -OCH3 is 1. The van der Waals surface area contributed by atoms with Crippen LogP contribution in [-0.2, 0) is 0 Å². The van der Waals surface area contributed by atoms with E-state index in [2.05, 4.69) is 22.5 Å². The topological polar surface area (TPSA) is 63.2 Å². The molecule has 2 rings (SSSR count). The van der Waals surface area contributed by atoms with E-state index < -0.39 is 0 Å². The van der Waals surface area contributed by atoms with Gasteiger partial charge in [-0.1, -0.05) is 13.0 Å². The van der Waals surface area contributed by atoms with Gasteiger partial charge in [0.2, 0.25) is 0 Å². The largest absolute Gasteiger partial charge is 0.497 e. The van der Waals surface area contributed by atoms with Crippen molar-refractivity contribution in [2.75, 3.05) is 24.3 Å². The van der Waals surface area contributed by atoms with E-state index in [0.29, 0.717) is 17.2 Å². The summed E-state index contributed by atoms with van der Waals surface area (Å²) >= 11 is 0. The third-order valence-electron chi connectivity index (χ3n) is 2.89. The van der Waals surface area contributed by atoms with Gasteiger partial charge < -0.3 is 15.4 Å². The molecule has 0 spiro atoms. The van der Waals surface area contributed by atoms with Crippen molar-refractivity contribution in [3.05, 3.63) is 48.2 Å². The average Bonchev–Trinajstić information content (AvgIpc) is 2.54. The van der Waals surface area contributed by atoms with Gasteiger partial charge in [0.25, 0.3) is 5.91 Å². The minimum absolute atomic E-state index is 0.236. The van der Waals surface area contributed by atoms with Gasteiger partial charge in [0.05, 0.1) is 7.11 Å². The number of carbonyl (C=O) groups is 1. The van der Waals surface area contributed by atoms with E-state index in [4.69, 9.17) is 4.74 Å². The number of aromatic nitrogens is 1. The normalized spacial score (nSPS) is 10.0. The van der Waals surface area contributed by atoms with Crippen LogP contribution in [-0.4, -0.2) is 24.5 Å². The van der Waals surface area contributed by atoms with Gasteiger partial charge in [-0.25, -0.2) is 4.98 Å². The summed E-state index contributed by atoms with van der Waals surface area (Å²) in [6.07, 6.45) is 1.00. The van der Waals surface area contributed by atoms with Gasteiger partial charge in [-0.3, -0.25) is 4.79 Å². The molecule has 0 saturated heterocycles. The molecule has 0 aliphatic heterocycles. The Balaban J connectivity index is 2.05. The summed E-state index contributed by atoms with van der Waals surface area (Å²) in [4.78, 5) is 16.5. The molecule has 0 aliphatic carbocycles. The van der Waals surface area contributed by atoms with Gasteiger partial charge in [0.15, 0.2) is 0 Å². The van der Waals surface area contributed by atoms with Crippen molar-refractivity contribution in [3.8, 4) is 5.75 Å². The molecule has 0 unspecified atom stereocenters. The number of benzene rings is 1. The molecule has 5 nitrogen and oxygen atoms in total. The third-order valence-corrected chi connectivity index (χ3v) is 2.89. The Morgan fingerprint density at radius 2 is 1.95 bits per heavy atom. The Morgan fingerprint density at radius 3 is 2.62 bits per heavy atom. The third kappa shape index (κ3) is 4.21. The molecular weight excluding hydrogens is 266 g/mol. The molecule has 2 N–H and O–H groups in total. The molecule has 0 fully saturated rings. The van der Waals surface area contributed by atoms with Crippen molar-refractivity contribution < 1.29 is 9.53 Å². The maximum absolute atomic E-state index is 12.2. The molecule has 0 bridgehead atoms. The predicted octanol–water partition coefficient (Wildman–Crippen LogP) is 3.16. The van der Waals surface area contributed by atoms with E-state index in [1.54, 1.807) is 37.4 Å². The van der Waals surface area contributed by atoms with Gasteiger partial charge in [-0.2, -0.15) is 0 Å². The molecule has 0 saturated carbocycles. The van der Waals surface area contributed by atoms with Gasteiger partial charge >= 0.3 is 0 Å². The Labute approximate surface area is 124 Å². The molecule has 0 aliphatic rings.